The normalized spacial score (nSPS) is 51.4. The SMILES string of the molecule is CC1(C)C2CCC1(C)[C@H](O)[C@@H]2N1CCCC1. The highest BCUT2D eigenvalue weighted by atomic mass is 16.3. The van der Waals surface area contributed by atoms with Gasteiger partial charge in [-0.25, -0.2) is 0 Å². The van der Waals surface area contributed by atoms with Gasteiger partial charge in [-0.15, -0.1) is 0 Å². The van der Waals surface area contributed by atoms with Crippen molar-refractivity contribution in [2.75, 3.05) is 13.1 Å². The first-order chi connectivity index (χ1) is 7.48. The van der Waals surface area contributed by atoms with Gasteiger partial charge in [0.1, 0.15) is 0 Å². The summed E-state index contributed by atoms with van der Waals surface area (Å²) in [5, 5.41) is 10.7. The van der Waals surface area contributed by atoms with Crippen molar-refractivity contribution in [2.45, 2.75) is 58.6 Å². The van der Waals surface area contributed by atoms with Crippen LogP contribution in [0.1, 0.15) is 46.5 Å². The van der Waals surface area contributed by atoms with Gasteiger partial charge in [0.05, 0.1) is 6.10 Å². The Morgan fingerprint density at radius 3 is 2.25 bits per heavy atom. The lowest BCUT2D eigenvalue weighted by atomic mass is 9.70. The molecule has 1 N–H and O–H groups in total. The molecule has 4 atom stereocenters. The van der Waals surface area contributed by atoms with E-state index in [2.05, 4.69) is 25.7 Å². The van der Waals surface area contributed by atoms with Crippen LogP contribution in [-0.4, -0.2) is 35.2 Å². The Morgan fingerprint density at radius 2 is 1.75 bits per heavy atom. The molecule has 92 valence electrons. The second-order valence-corrected chi connectivity index (χ2v) is 6.96. The van der Waals surface area contributed by atoms with Crippen molar-refractivity contribution >= 4 is 0 Å². The number of nitrogens with zero attached hydrogens (tertiary/aromatic N) is 1. The van der Waals surface area contributed by atoms with E-state index in [9.17, 15) is 5.11 Å². The van der Waals surface area contributed by atoms with Crippen LogP contribution in [0.2, 0.25) is 0 Å². The molecular formula is C14H25NO. The standard InChI is InChI=1S/C14H25NO/c1-13(2)10-6-7-14(13,3)12(16)11(10)15-8-4-5-9-15/h10-12,16H,4-9H2,1-3H3/t10?,11-,12-,14?/m1/s1. The maximum absolute atomic E-state index is 10.7. The second-order valence-electron chi connectivity index (χ2n) is 6.96. The van der Waals surface area contributed by atoms with E-state index in [1.165, 1.54) is 38.8 Å². The average Bonchev–Trinajstić information content (AvgIpc) is 2.83. The van der Waals surface area contributed by atoms with Crippen molar-refractivity contribution in [1.82, 2.24) is 4.90 Å². The van der Waals surface area contributed by atoms with Crippen LogP contribution in [0.4, 0.5) is 0 Å². The van der Waals surface area contributed by atoms with E-state index in [1.54, 1.807) is 0 Å². The minimum Gasteiger partial charge on any atom is -0.391 e. The number of rotatable bonds is 1. The molecule has 2 aliphatic carbocycles. The Kier molecular flexibility index (Phi) is 2.23. The van der Waals surface area contributed by atoms with Gasteiger partial charge in [-0.1, -0.05) is 20.8 Å². The summed E-state index contributed by atoms with van der Waals surface area (Å²) in [6.45, 7) is 9.50. The van der Waals surface area contributed by atoms with E-state index in [0.29, 0.717) is 17.4 Å². The summed E-state index contributed by atoms with van der Waals surface area (Å²) in [5.41, 5.74) is 0.477. The number of hydrogen-bond acceptors (Lipinski definition) is 2. The van der Waals surface area contributed by atoms with E-state index in [0.717, 1.165) is 0 Å². The number of likely N-dealkylation sites (tertiary alicyclic amines) is 1. The Balaban J connectivity index is 1.92. The van der Waals surface area contributed by atoms with Gasteiger partial charge in [-0.05, 0) is 50.1 Å². The van der Waals surface area contributed by atoms with Gasteiger partial charge in [0.2, 0.25) is 0 Å². The van der Waals surface area contributed by atoms with Gasteiger partial charge >= 0.3 is 0 Å². The molecule has 2 saturated carbocycles. The van der Waals surface area contributed by atoms with Crippen LogP contribution in [-0.2, 0) is 0 Å². The average molecular weight is 223 g/mol. The molecule has 3 fully saturated rings. The van der Waals surface area contributed by atoms with Crippen LogP contribution < -0.4 is 0 Å². The molecule has 0 aromatic carbocycles. The predicted octanol–water partition coefficient (Wildman–Crippen LogP) is 2.27. The van der Waals surface area contributed by atoms with Crippen LogP contribution in [0.15, 0.2) is 0 Å². The zero-order valence-electron chi connectivity index (χ0n) is 10.9. The van der Waals surface area contributed by atoms with Crippen molar-refractivity contribution in [3.63, 3.8) is 0 Å². The fourth-order valence-electron chi connectivity index (χ4n) is 4.78. The highest BCUT2D eigenvalue weighted by Crippen LogP contribution is 2.66. The molecular weight excluding hydrogens is 198 g/mol. The number of hydrogen-bond donors (Lipinski definition) is 1. The molecule has 3 rings (SSSR count). The van der Waals surface area contributed by atoms with Gasteiger partial charge in [0.15, 0.2) is 0 Å². The van der Waals surface area contributed by atoms with Gasteiger partial charge < -0.3 is 5.11 Å². The molecule has 1 heterocycles. The van der Waals surface area contributed by atoms with Crippen LogP contribution in [0.5, 0.6) is 0 Å². The topological polar surface area (TPSA) is 23.5 Å². The highest BCUT2D eigenvalue weighted by Gasteiger charge is 2.66. The summed E-state index contributed by atoms with van der Waals surface area (Å²) < 4.78 is 0. The van der Waals surface area contributed by atoms with Gasteiger partial charge in [0, 0.05) is 11.5 Å². The fraction of sp³-hybridized carbons (Fsp3) is 1.00. The lowest BCUT2D eigenvalue weighted by Crippen LogP contribution is -2.48. The monoisotopic (exact) mass is 223 g/mol. The maximum Gasteiger partial charge on any atom is 0.0756 e. The zero-order chi connectivity index (χ0) is 11.6. The summed E-state index contributed by atoms with van der Waals surface area (Å²) >= 11 is 0. The van der Waals surface area contributed by atoms with Crippen LogP contribution in [0.25, 0.3) is 0 Å². The molecule has 2 nitrogen and oxygen atoms in total. The van der Waals surface area contributed by atoms with Gasteiger partial charge in [-0.3, -0.25) is 4.90 Å². The van der Waals surface area contributed by atoms with Crippen molar-refractivity contribution in [2.24, 2.45) is 16.7 Å². The van der Waals surface area contributed by atoms with Crippen molar-refractivity contribution < 1.29 is 5.11 Å². The zero-order valence-corrected chi connectivity index (χ0v) is 10.9. The van der Waals surface area contributed by atoms with Gasteiger partial charge in [0.25, 0.3) is 0 Å². The Bertz CT molecular complexity index is 295. The summed E-state index contributed by atoms with van der Waals surface area (Å²) in [7, 11) is 0. The van der Waals surface area contributed by atoms with E-state index >= 15 is 0 Å². The van der Waals surface area contributed by atoms with Crippen molar-refractivity contribution in [1.29, 1.82) is 0 Å². The largest absolute Gasteiger partial charge is 0.391 e. The number of fused-ring (bicyclic) bond motifs is 2. The van der Waals surface area contributed by atoms with E-state index in [1.807, 2.05) is 0 Å². The second kappa shape index (κ2) is 3.23. The molecule has 0 radical (unpaired) electrons. The summed E-state index contributed by atoms with van der Waals surface area (Å²) in [4.78, 5) is 2.57. The summed E-state index contributed by atoms with van der Waals surface area (Å²) in [6, 6.07) is 0.455. The van der Waals surface area contributed by atoms with E-state index < -0.39 is 0 Å². The highest BCUT2D eigenvalue weighted by molar-refractivity contribution is 5.17. The molecule has 0 amide bonds. The van der Waals surface area contributed by atoms with Crippen LogP contribution in [0.3, 0.4) is 0 Å². The first kappa shape index (κ1) is 11.0. The summed E-state index contributed by atoms with van der Waals surface area (Å²) in [6.07, 6.45) is 5.09. The Morgan fingerprint density at radius 1 is 1.12 bits per heavy atom. The van der Waals surface area contributed by atoms with Gasteiger partial charge in [-0.2, -0.15) is 0 Å². The predicted molar refractivity (Wildman–Crippen MR) is 65.2 cm³/mol. The van der Waals surface area contributed by atoms with E-state index in [4.69, 9.17) is 0 Å². The molecule has 0 aromatic heterocycles. The molecule has 1 saturated heterocycles. The maximum atomic E-state index is 10.7. The molecule has 0 aromatic rings. The number of aliphatic hydroxyl groups excluding tert-OH is 1. The lowest BCUT2D eigenvalue weighted by Gasteiger charge is -2.39. The smallest absolute Gasteiger partial charge is 0.0756 e. The Labute approximate surface area is 99.0 Å². The van der Waals surface area contributed by atoms with Crippen LogP contribution in [0, 0.1) is 16.7 Å². The molecule has 1 aliphatic heterocycles. The molecule has 16 heavy (non-hydrogen) atoms. The van der Waals surface area contributed by atoms with Crippen molar-refractivity contribution in [3.05, 3.63) is 0 Å². The molecule has 2 heteroatoms. The lowest BCUT2D eigenvalue weighted by molar-refractivity contribution is -0.0252. The third kappa shape index (κ3) is 1.10. The Hall–Kier alpha value is -0.0800. The van der Waals surface area contributed by atoms with Crippen LogP contribution >= 0.6 is 0 Å². The van der Waals surface area contributed by atoms with Crippen molar-refractivity contribution in [3.8, 4) is 0 Å². The quantitative estimate of drug-likeness (QED) is 0.737. The van der Waals surface area contributed by atoms with E-state index in [-0.39, 0.29) is 11.5 Å². The minimum atomic E-state index is -0.0978. The summed E-state index contributed by atoms with van der Waals surface area (Å²) in [5.74, 6) is 0.714. The third-order valence-electron chi connectivity index (χ3n) is 6.32. The minimum absolute atomic E-state index is 0.0978. The molecule has 2 unspecified atom stereocenters. The fourth-order valence-corrected chi connectivity index (χ4v) is 4.78. The number of aliphatic hydroxyl groups is 1. The molecule has 0 spiro atoms. The first-order valence-electron chi connectivity index (χ1n) is 6.90. The molecule has 3 aliphatic rings. The molecule has 2 bridgehead atoms. The third-order valence-corrected chi connectivity index (χ3v) is 6.32. The first-order valence-corrected chi connectivity index (χ1v) is 6.90.